The van der Waals surface area contributed by atoms with Crippen molar-refractivity contribution in [3.05, 3.63) is 77.4 Å². The molecule has 1 unspecified atom stereocenters. The van der Waals surface area contributed by atoms with Crippen LogP contribution in [0.1, 0.15) is 78.0 Å². The van der Waals surface area contributed by atoms with E-state index in [0.717, 1.165) is 22.4 Å². The number of aliphatic imine (C=N–C) groups is 1. The summed E-state index contributed by atoms with van der Waals surface area (Å²) >= 11 is 0. The molecular formula is C35H45F3NO4P. The number of nitrogens with zero attached hydrogens (tertiary/aromatic N) is 1. The Bertz CT molecular complexity index is 1520. The predicted molar refractivity (Wildman–Crippen MR) is 172 cm³/mol. The van der Waals surface area contributed by atoms with E-state index in [-0.39, 0.29) is 25.6 Å². The standard InChI is InChI=1S/C35H45F3NO4P/c1-25-39-34(23-42-25,24-43-44(40,32(2,3)4)33(5,6)7)19-18-27-15-17-31(30(22-27)35(36,37)38)41-20-10-11-26-14-16-28-12-8-9-13-29(28)21-26/h8-9,12-17,21-22H,10-11,18-20,23-24H2,1-7H3. The van der Waals surface area contributed by atoms with E-state index in [0.29, 0.717) is 37.1 Å². The first-order valence-electron chi connectivity index (χ1n) is 15.2. The minimum absolute atomic E-state index is 0.0562. The maximum atomic E-state index is 14.1. The molecule has 4 rings (SSSR count). The molecule has 0 saturated heterocycles. The molecule has 0 N–H and O–H groups in total. The summed E-state index contributed by atoms with van der Waals surface area (Å²) in [5.74, 6) is 0.311. The van der Waals surface area contributed by atoms with E-state index in [9.17, 15) is 17.7 Å². The second-order valence-corrected chi connectivity index (χ2v) is 17.8. The number of alkyl halides is 3. The van der Waals surface area contributed by atoms with Crippen molar-refractivity contribution in [2.24, 2.45) is 4.99 Å². The van der Waals surface area contributed by atoms with Crippen LogP contribution in [0.15, 0.2) is 65.7 Å². The van der Waals surface area contributed by atoms with Crippen LogP contribution in [0, 0.1) is 0 Å². The summed E-state index contributed by atoms with van der Waals surface area (Å²) < 4.78 is 74.1. The normalized spacial score (nSPS) is 17.9. The average Bonchev–Trinajstić information content (AvgIpc) is 3.32. The number of halogens is 3. The Kier molecular flexibility index (Phi) is 9.97. The zero-order chi connectivity index (χ0) is 32.4. The lowest BCUT2D eigenvalue weighted by atomic mass is 9.93. The third kappa shape index (κ3) is 7.87. The maximum absolute atomic E-state index is 14.1. The Balaban J connectivity index is 1.43. The fourth-order valence-electron chi connectivity index (χ4n) is 5.83. The van der Waals surface area contributed by atoms with Gasteiger partial charge >= 0.3 is 6.18 Å². The summed E-state index contributed by atoms with van der Waals surface area (Å²) in [6, 6.07) is 18.5. The van der Waals surface area contributed by atoms with Crippen LogP contribution in [0.5, 0.6) is 5.75 Å². The van der Waals surface area contributed by atoms with E-state index in [4.69, 9.17) is 14.0 Å². The van der Waals surface area contributed by atoms with Crippen LogP contribution in [0.3, 0.4) is 0 Å². The van der Waals surface area contributed by atoms with E-state index in [1.165, 1.54) is 6.07 Å². The first kappa shape index (κ1) is 34.1. The van der Waals surface area contributed by atoms with E-state index >= 15 is 0 Å². The molecule has 0 spiro atoms. The first-order valence-corrected chi connectivity index (χ1v) is 16.8. The van der Waals surface area contributed by atoms with Crippen molar-refractivity contribution in [1.82, 2.24) is 0 Å². The van der Waals surface area contributed by atoms with E-state index in [1.807, 2.05) is 71.9 Å². The molecule has 1 aliphatic rings. The molecule has 3 aromatic carbocycles. The Hall–Kier alpha value is -2.83. The Morgan fingerprint density at radius 2 is 1.52 bits per heavy atom. The zero-order valence-electron chi connectivity index (χ0n) is 26.9. The molecule has 9 heteroatoms. The van der Waals surface area contributed by atoms with E-state index in [1.54, 1.807) is 13.0 Å². The highest BCUT2D eigenvalue weighted by atomic mass is 31.2. The largest absolute Gasteiger partial charge is 0.493 e. The molecule has 44 heavy (non-hydrogen) atoms. The minimum atomic E-state index is -4.57. The number of rotatable bonds is 11. The first-order chi connectivity index (χ1) is 20.4. The summed E-state index contributed by atoms with van der Waals surface area (Å²) in [7, 11) is -3.17. The van der Waals surface area contributed by atoms with Crippen molar-refractivity contribution in [3.8, 4) is 5.75 Å². The number of benzene rings is 3. The minimum Gasteiger partial charge on any atom is -0.493 e. The summed E-state index contributed by atoms with van der Waals surface area (Å²) in [5.41, 5.74) is -0.00750. The van der Waals surface area contributed by atoms with Crippen molar-refractivity contribution in [2.45, 2.75) is 96.2 Å². The average molecular weight is 632 g/mol. The van der Waals surface area contributed by atoms with Crippen LogP contribution >= 0.6 is 7.37 Å². The lowest BCUT2D eigenvalue weighted by molar-refractivity contribution is -0.139. The number of ether oxygens (including phenoxy) is 2. The molecule has 1 atom stereocenters. The topological polar surface area (TPSA) is 57.1 Å². The van der Waals surface area contributed by atoms with Gasteiger partial charge < -0.3 is 14.0 Å². The van der Waals surface area contributed by atoms with Gasteiger partial charge in [0.15, 0.2) is 5.90 Å². The number of aryl methyl sites for hydroxylation is 2. The van der Waals surface area contributed by atoms with Gasteiger partial charge in [-0.05, 0) is 59.7 Å². The lowest BCUT2D eigenvalue weighted by Gasteiger charge is -2.41. The van der Waals surface area contributed by atoms with Gasteiger partial charge in [-0.3, -0.25) is 4.57 Å². The number of hydrogen-bond donors (Lipinski definition) is 0. The fourth-order valence-corrected chi connectivity index (χ4v) is 9.04. The highest BCUT2D eigenvalue weighted by Crippen LogP contribution is 2.68. The number of hydrogen-bond acceptors (Lipinski definition) is 5. The Morgan fingerprint density at radius 3 is 2.14 bits per heavy atom. The molecular weight excluding hydrogens is 586 g/mol. The lowest BCUT2D eigenvalue weighted by Crippen LogP contribution is -2.38. The summed E-state index contributed by atoms with van der Waals surface area (Å²) in [5, 5.41) is 1.09. The fraction of sp³-hybridized carbons (Fsp3) is 0.514. The third-order valence-electron chi connectivity index (χ3n) is 8.14. The molecule has 0 amide bonds. The molecule has 0 radical (unpaired) electrons. The van der Waals surface area contributed by atoms with Gasteiger partial charge in [0, 0.05) is 17.2 Å². The highest BCUT2D eigenvalue weighted by molar-refractivity contribution is 7.62. The van der Waals surface area contributed by atoms with Crippen LogP contribution < -0.4 is 4.74 Å². The van der Waals surface area contributed by atoms with E-state index in [2.05, 4.69) is 17.1 Å². The predicted octanol–water partition coefficient (Wildman–Crippen LogP) is 9.88. The monoisotopic (exact) mass is 631 g/mol. The second kappa shape index (κ2) is 12.9. The Labute approximate surface area is 259 Å². The maximum Gasteiger partial charge on any atom is 0.419 e. The molecule has 3 aromatic rings. The molecule has 240 valence electrons. The van der Waals surface area contributed by atoms with Crippen molar-refractivity contribution in [3.63, 3.8) is 0 Å². The van der Waals surface area contributed by atoms with Crippen LogP contribution in [0.4, 0.5) is 13.2 Å². The third-order valence-corrected chi connectivity index (χ3v) is 12.2. The SMILES string of the molecule is CC1=NC(CCc2ccc(OCCCc3ccc4ccccc4c3)c(C(F)(F)F)c2)(COP(=O)(C(C)(C)C)C(C)(C)C)CO1. The molecule has 0 bridgehead atoms. The summed E-state index contributed by atoms with van der Waals surface area (Å²) in [6.07, 6.45) is -2.59. The van der Waals surface area contributed by atoms with Crippen LogP contribution in [0.25, 0.3) is 10.8 Å². The van der Waals surface area contributed by atoms with Gasteiger partial charge in [-0.25, -0.2) is 4.99 Å². The zero-order valence-corrected chi connectivity index (χ0v) is 27.8. The molecule has 0 fully saturated rings. The van der Waals surface area contributed by atoms with Gasteiger partial charge in [0.25, 0.3) is 0 Å². The van der Waals surface area contributed by atoms with Gasteiger partial charge in [0.2, 0.25) is 7.37 Å². The van der Waals surface area contributed by atoms with Crippen molar-refractivity contribution < 1.29 is 31.7 Å². The number of fused-ring (bicyclic) bond motifs is 1. The van der Waals surface area contributed by atoms with Crippen LogP contribution in [0.2, 0.25) is 0 Å². The molecule has 1 heterocycles. The molecule has 0 aliphatic carbocycles. The van der Waals surface area contributed by atoms with Gasteiger partial charge in [-0.15, -0.1) is 0 Å². The molecule has 1 aliphatic heterocycles. The van der Waals surface area contributed by atoms with E-state index < -0.39 is 35.0 Å². The van der Waals surface area contributed by atoms with Crippen molar-refractivity contribution >= 4 is 24.0 Å². The molecule has 0 saturated carbocycles. The van der Waals surface area contributed by atoms with Crippen LogP contribution in [-0.4, -0.2) is 41.6 Å². The second-order valence-electron chi connectivity index (χ2n) is 13.8. The summed E-state index contributed by atoms with van der Waals surface area (Å²) in [4.78, 5) is 4.68. The smallest absolute Gasteiger partial charge is 0.419 e. The molecule has 0 aromatic heterocycles. The van der Waals surface area contributed by atoms with Crippen molar-refractivity contribution in [1.29, 1.82) is 0 Å². The van der Waals surface area contributed by atoms with Gasteiger partial charge in [0.1, 0.15) is 17.9 Å². The Morgan fingerprint density at radius 1 is 0.886 bits per heavy atom. The van der Waals surface area contributed by atoms with Crippen LogP contribution in [-0.2, 0) is 32.8 Å². The van der Waals surface area contributed by atoms with Gasteiger partial charge in [-0.2, -0.15) is 13.2 Å². The van der Waals surface area contributed by atoms with Gasteiger partial charge in [0.05, 0.1) is 18.8 Å². The molecule has 5 nitrogen and oxygen atoms in total. The van der Waals surface area contributed by atoms with Crippen molar-refractivity contribution in [2.75, 3.05) is 19.8 Å². The van der Waals surface area contributed by atoms with Gasteiger partial charge in [-0.1, -0.05) is 90.1 Å². The quantitative estimate of drug-likeness (QED) is 0.156. The highest BCUT2D eigenvalue weighted by Gasteiger charge is 2.50. The summed E-state index contributed by atoms with van der Waals surface area (Å²) in [6.45, 7) is 13.6.